The molecule has 0 N–H and O–H groups in total. The fourth-order valence-electron chi connectivity index (χ4n) is 1.91. The molecule has 2 rings (SSSR count). The Labute approximate surface area is 99.5 Å². The van der Waals surface area contributed by atoms with Gasteiger partial charge in [0.1, 0.15) is 6.10 Å². The molecule has 1 atom stereocenters. The van der Waals surface area contributed by atoms with Gasteiger partial charge in [-0.15, -0.1) is 0 Å². The van der Waals surface area contributed by atoms with E-state index in [4.69, 9.17) is 9.47 Å². The molecule has 1 aliphatic rings. The molecule has 0 radical (unpaired) electrons. The second-order valence-corrected chi connectivity index (χ2v) is 3.99. The first-order valence-corrected chi connectivity index (χ1v) is 5.59. The number of fused-ring (bicyclic) bond motifs is 1. The summed E-state index contributed by atoms with van der Waals surface area (Å²) in [7, 11) is 0. The maximum atomic E-state index is 11.6. The van der Waals surface area contributed by atoms with Crippen LogP contribution in [0.4, 0.5) is 0 Å². The summed E-state index contributed by atoms with van der Waals surface area (Å²) in [5.74, 6) is -0.714. The van der Waals surface area contributed by atoms with E-state index in [0.29, 0.717) is 12.2 Å². The summed E-state index contributed by atoms with van der Waals surface area (Å²) >= 11 is 0. The zero-order chi connectivity index (χ0) is 12.4. The van der Waals surface area contributed by atoms with E-state index in [2.05, 4.69) is 0 Å². The smallest absolute Gasteiger partial charge is 0.339 e. The molecule has 1 heterocycles. The van der Waals surface area contributed by atoms with Crippen LogP contribution in [0.25, 0.3) is 0 Å². The molecule has 1 aromatic rings. The van der Waals surface area contributed by atoms with E-state index in [1.54, 1.807) is 13.0 Å². The van der Waals surface area contributed by atoms with Gasteiger partial charge in [-0.25, -0.2) is 4.79 Å². The first-order chi connectivity index (χ1) is 8.11. The van der Waals surface area contributed by atoms with Gasteiger partial charge in [-0.3, -0.25) is 4.79 Å². The fourth-order valence-corrected chi connectivity index (χ4v) is 1.91. The molecule has 0 bridgehead atoms. The molecule has 0 aliphatic carbocycles. The van der Waals surface area contributed by atoms with E-state index in [9.17, 15) is 9.59 Å². The Kier molecular flexibility index (Phi) is 3.13. The topological polar surface area (TPSA) is 52.6 Å². The van der Waals surface area contributed by atoms with E-state index >= 15 is 0 Å². The van der Waals surface area contributed by atoms with Crippen molar-refractivity contribution in [3.8, 4) is 0 Å². The Morgan fingerprint density at radius 2 is 2.24 bits per heavy atom. The third kappa shape index (κ3) is 2.30. The Bertz CT molecular complexity index is 464. The third-order valence-corrected chi connectivity index (χ3v) is 2.68. The van der Waals surface area contributed by atoms with Crippen LogP contribution >= 0.6 is 0 Å². The zero-order valence-corrected chi connectivity index (χ0v) is 9.86. The summed E-state index contributed by atoms with van der Waals surface area (Å²) in [5, 5.41) is 0. The van der Waals surface area contributed by atoms with Gasteiger partial charge in [-0.2, -0.15) is 0 Å². The van der Waals surface area contributed by atoms with Crippen LogP contribution in [0.5, 0.6) is 0 Å². The van der Waals surface area contributed by atoms with Crippen molar-refractivity contribution in [1.82, 2.24) is 0 Å². The maximum absolute atomic E-state index is 11.6. The van der Waals surface area contributed by atoms with Crippen LogP contribution in [0.2, 0.25) is 0 Å². The van der Waals surface area contributed by atoms with Crippen LogP contribution < -0.4 is 0 Å². The van der Waals surface area contributed by atoms with Gasteiger partial charge in [-0.05, 0) is 19.9 Å². The highest BCUT2D eigenvalue weighted by molar-refractivity contribution is 5.94. The molecule has 4 nitrogen and oxygen atoms in total. The van der Waals surface area contributed by atoms with Gasteiger partial charge >= 0.3 is 11.9 Å². The predicted molar refractivity (Wildman–Crippen MR) is 60.6 cm³/mol. The molecule has 0 saturated heterocycles. The van der Waals surface area contributed by atoms with Crippen molar-refractivity contribution in [1.29, 1.82) is 0 Å². The molecule has 0 saturated carbocycles. The summed E-state index contributed by atoms with van der Waals surface area (Å²) in [6, 6.07) is 5.47. The number of ether oxygens (including phenoxy) is 2. The molecule has 90 valence electrons. The van der Waals surface area contributed by atoms with Crippen LogP contribution in [0.3, 0.4) is 0 Å². The van der Waals surface area contributed by atoms with Gasteiger partial charge in [0.15, 0.2) is 0 Å². The largest absolute Gasteiger partial charge is 0.466 e. The SMILES string of the molecule is CCOC(=O)C[C@H]1OC(=O)c2ccc(C)cc21. The highest BCUT2D eigenvalue weighted by atomic mass is 16.6. The number of esters is 2. The van der Waals surface area contributed by atoms with Crippen LogP contribution in [-0.4, -0.2) is 18.5 Å². The van der Waals surface area contributed by atoms with Crippen LogP contribution in [0, 0.1) is 6.92 Å². The minimum absolute atomic E-state index is 0.0794. The first-order valence-electron chi connectivity index (χ1n) is 5.59. The lowest BCUT2D eigenvalue weighted by Crippen LogP contribution is -2.10. The predicted octanol–water partition coefficient (Wildman–Crippen LogP) is 2.16. The zero-order valence-electron chi connectivity index (χ0n) is 9.86. The minimum Gasteiger partial charge on any atom is -0.466 e. The van der Waals surface area contributed by atoms with Crippen LogP contribution in [0.15, 0.2) is 18.2 Å². The van der Waals surface area contributed by atoms with Crippen LogP contribution in [0.1, 0.15) is 40.9 Å². The van der Waals surface area contributed by atoms with Crippen molar-refractivity contribution >= 4 is 11.9 Å². The van der Waals surface area contributed by atoms with Crippen molar-refractivity contribution in [2.24, 2.45) is 0 Å². The highest BCUT2D eigenvalue weighted by Crippen LogP contribution is 2.33. The van der Waals surface area contributed by atoms with Crippen molar-refractivity contribution in [3.63, 3.8) is 0 Å². The summed E-state index contributed by atoms with van der Waals surface area (Å²) in [6.07, 6.45) is -0.424. The Morgan fingerprint density at radius 3 is 2.94 bits per heavy atom. The number of aryl methyl sites for hydroxylation is 1. The Morgan fingerprint density at radius 1 is 1.47 bits per heavy atom. The van der Waals surface area contributed by atoms with E-state index in [1.807, 2.05) is 19.1 Å². The minimum atomic E-state index is -0.503. The molecule has 1 aromatic carbocycles. The van der Waals surface area contributed by atoms with Crippen LogP contribution in [-0.2, 0) is 14.3 Å². The van der Waals surface area contributed by atoms with Gasteiger partial charge in [0.2, 0.25) is 0 Å². The second-order valence-electron chi connectivity index (χ2n) is 3.99. The summed E-state index contributed by atoms with van der Waals surface area (Å²) < 4.78 is 10.0. The molecular formula is C13H14O4. The lowest BCUT2D eigenvalue weighted by molar-refractivity contribution is -0.145. The van der Waals surface area contributed by atoms with Gasteiger partial charge in [-0.1, -0.05) is 17.7 Å². The average molecular weight is 234 g/mol. The summed E-state index contributed by atoms with van der Waals surface area (Å²) in [5.41, 5.74) is 2.36. The molecule has 0 amide bonds. The molecule has 0 aromatic heterocycles. The van der Waals surface area contributed by atoms with E-state index in [0.717, 1.165) is 11.1 Å². The molecule has 1 aliphatic heterocycles. The number of hydrogen-bond acceptors (Lipinski definition) is 4. The summed E-state index contributed by atoms with van der Waals surface area (Å²) in [6.45, 7) is 4.02. The Hall–Kier alpha value is -1.84. The van der Waals surface area contributed by atoms with E-state index in [-0.39, 0.29) is 18.4 Å². The first kappa shape index (κ1) is 11.6. The second kappa shape index (κ2) is 4.57. The molecule has 0 fully saturated rings. The number of carbonyl (C=O) groups excluding carboxylic acids is 2. The number of carbonyl (C=O) groups is 2. The van der Waals surface area contributed by atoms with E-state index in [1.165, 1.54) is 0 Å². The molecular weight excluding hydrogens is 220 g/mol. The van der Waals surface area contributed by atoms with Crippen molar-refractivity contribution in [2.75, 3.05) is 6.61 Å². The summed E-state index contributed by atoms with van der Waals surface area (Å²) in [4.78, 5) is 22.9. The van der Waals surface area contributed by atoms with Crippen molar-refractivity contribution in [2.45, 2.75) is 26.4 Å². The average Bonchev–Trinajstić information content (AvgIpc) is 2.55. The van der Waals surface area contributed by atoms with E-state index < -0.39 is 6.10 Å². The number of hydrogen-bond donors (Lipinski definition) is 0. The number of rotatable bonds is 3. The molecule has 0 spiro atoms. The lowest BCUT2D eigenvalue weighted by atomic mass is 10.0. The molecule has 4 heteroatoms. The lowest BCUT2D eigenvalue weighted by Gasteiger charge is -2.09. The standard InChI is InChI=1S/C13H14O4/c1-3-16-12(14)7-11-10-6-8(2)4-5-9(10)13(15)17-11/h4-6,11H,3,7H2,1-2H3/t11-/m1/s1. The maximum Gasteiger partial charge on any atom is 0.339 e. The normalized spacial score (nSPS) is 17.5. The van der Waals surface area contributed by atoms with Gasteiger partial charge in [0, 0.05) is 5.56 Å². The number of cyclic esters (lactones) is 1. The quantitative estimate of drug-likeness (QED) is 0.752. The van der Waals surface area contributed by atoms with Crippen molar-refractivity contribution in [3.05, 3.63) is 34.9 Å². The third-order valence-electron chi connectivity index (χ3n) is 2.68. The highest BCUT2D eigenvalue weighted by Gasteiger charge is 2.32. The van der Waals surface area contributed by atoms with Gasteiger partial charge < -0.3 is 9.47 Å². The van der Waals surface area contributed by atoms with Gasteiger partial charge in [0.05, 0.1) is 18.6 Å². The fraction of sp³-hybridized carbons (Fsp3) is 0.385. The number of benzene rings is 1. The monoisotopic (exact) mass is 234 g/mol. The Balaban J connectivity index is 2.21. The van der Waals surface area contributed by atoms with Crippen molar-refractivity contribution < 1.29 is 19.1 Å². The van der Waals surface area contributed by atoms with Gasteiger partial charge in [0.25, 0.3) is 0 Å². The molecule has 0 unspecified atom stereocenters. The molecule has 17 heavy (non-hydrogen) atoms.